The van der Waals surface area contributed by atoms with E-state index in [1.54, 1.807) is 0 Å². The fourth-order valence-electron chi connectivity index (χ4n) is 1.97. The third-order valence-electron chi connectivity index (χ3n) is 3.10. The third kappa shape index (κ3) is 3.44. The summed E-state index contributed by atoms with van der Waals surface area (Å²) in [5.41, 5.74) is 1.41. The lowest BCUT2D eigenvalue weighted by molar-refractivity contribution is 0.0597. The van der Waals surface area contributed by atoms with E-state index in [9.17, 15) is 9.59 Å². The predicted octanol–water partition coefficient (Wildman–Crippen LogP) is 2.87. The first kappa shape index (κ1) is 15.6. The quantitative estimate of drug-likeness (QED) is 0.606. The van der Waals surface area contributed by atoms with Crippen LogP contribution in [0.4, 0.5) is 0 Å². The predicted molar refractivity (Wildman–Crippen MR) is 80.5 cm³/mol. The Balaban J connectivity index is 2.30. The Bertz CT molecular complexity index is 664. The molecule has 0 spiro atoms. The van der Waals surface area contributed by atoms with Crippen LogP contribution < -0.4 is 9.47 Å². The van der Waals surface area contributed by atoms with Crippen LogP contribution >= 0.6 is 0 Å². The molecule has 0 bridgehead atoms. The largest absolute Gasteiger partial charge is 0.496 e. The van der Waals surface area contributed by atoms with E-state index in [-0.39, 0.29) is 11.1 Å². The number of rotatable bonds is 6. The van der Waals surface area contributed by atoms with Crippen molar-refractivity contribution in [3.05, 3.63) is 59.2 Å². The molecule has 0 unspecified atom stereocenters. The lowest BCUT2D eigenvalue weighted by atomic mass is 10.1. The summed E-state index contributed by atoms with van der Waals surface area (Å²) in [7, 11) is 2.70. The van der Waals surface area contributed by atoms with Crippen LogP contribution in [-0.4, -0.2) is 26.5 Å². The van der Waals surface area contributed by atoms with Crippen LogP contribution in [0.25, 0.3) is 0 Å². The van der Waals surface area contributed by atoms with Gasteiger partial charge < -0.3 is 14.2 Å². The van der Waals surface area contributed by atoms with Gasteiger partial charge >= 0.3 is 5.97 Å². The van der Waals surface area contributed by atoms with E-state index in [1.807, 2.05) is 30.3 Å². The molecule has 0 atom stereocenters. The van der Waals surface area contributed by atoms with E-state index in [0.29, 0.717) is 24.4 Å². The molecule has 0 aliphatic heterocycles. The highest BCUT2D eigenvalue weighted by atomic mass is 16.5. The molecule has 5 heteroatoms. The van der Waals surface area contributed by atoms with Crippen molar-refractivity contribution in [2.75, 3.05) is 14.2 Å². The van der Waals surface area contributed by atoms with Gasteiger partial charge in [0.1, 0.15) is 23.7 Å². The Kier molecular flexibility index (Phi) is 5.14. The molecule has 0 aromatic heterocycles. The summed E-state index contributed by atoms with van der Waals surface area (Å²) in [4.78, 5) is 22.9. The smallest absolute Gasteiger partial charge is 0.341 e. The SMILES string of the molecule is COC(=O)c1cc(C=O)c(OCc2ccccc2)cc1OC. The number of methoxy groups -OCH3 is 2. The molecule has 2 aromatic carbocycles. The van der Waals surface area contributed by atoms with Crippen molar-refractivity contribution < 1.29 is 23.8 Å². The van der Waals surface area contributed by atoms with E-state index in [0.717, 1.165) is 5.56 Å². The number of hydrogen-bond donors (Lipinski definition) is 0. The van der Waals surface area contributed by atoms with Gasteiger partial charge in [-0.2, -0.15) is 0 Å². The first-order valence-electron chi connectivity index (χ1n) is 6.61. The van der Waals surface area contributed by atoms with Crippen LogP contribution in [0.2, 0.25) is 0 Å². The minimum atomic E-state index is -0.574. The van der Waals surface area contributed by atoms with Crippen LogP contribution in [0, 0.1) is 0 Å². The molecular formula is C17H16O5. The van der Waals surface area contributed by atoms with Gasteiger partial charge in [0.15, 0.2) is 6.29 Å². The van der Waals surface area contributed by atoms with Gasteiger partial charge in [-0.1, -0.05) is 30.3 Å². The van der Waals surface area contributed by atoms with Gasteiger partial charge in [0.25, 0.3) is 0 Å². The number of esters is 1. The highest BCUT2D eigenvalue weighted by Crippen LogP contribution is 2.29. The molecule has 0 radical (unpaired) electrons. The normalized spacial score (nSPS) is 9.91. The Hall–Kier alpha value is -2.82. The number of carbonyl (C=O) groups is 2. The lowest BCUT2D eigenvalue weighted by Gasteiger charge is -2.13. The fourth-order valence-corrected chi connectivity index (χ4v) is 1.97. The van der Waals surface area contributed by atoms with E-state index < -0.39 is 5.97 Å². The molecule has 0 aliphatic rings. The molecule has 0 aliphatic carbocycles. The first-order valence-corrected chi connectivity index (χ1v) is 6.61. The molecule has 0 saturated carbocycles. The highest BCUT2D eigenvalue weighted by Gasteiger charge is 2.17. The molecule has 0 N–H and O–H groups in total. The Morgan fingerprint density at radius 3 is 2.41 bits per heavy atom. The topological polar surface area (TPSA) is 61.8 Å². The maximum absolute atomic E-state index is 11.7. The maximum atomic E-state index is 11.7. The van der Waals surface area contributed by atoms with Crippen molar-refractivity contribution >= 4 is 12.3 Å². The zero-order valence-electron chi connectivity index (χ0n) is 12.4. The minimum Gasteiger partial charge on any atom is -0.496 e. The van der Waals surface area contributed by atoms with E-state index in [2.05, 4.69) is 4.74 Å². The van der Waals surface area contributed by atoms with Crippen molar-refractivity contribution in [1.29, 1.82) is 0 Å². The van der Waals surface area contributed by atoms with E-state index >= 15 is 0 Å². The zero-order valence-corrected chi connectivity index (χ0v) is 12.4. The molecule has 2 aromatic rings. The summed E-state index contributed by atoms with van der Waals surface area (Å²) < 4.78 is 15.5. The van der Waals surface area contributed by atoms with Crippen LogP contribution in [0.5, 0.6) is 11.5 Å². The molecule has 114 valence electrons. The molecule has 0 fully saturated rings. The van der Waals surface area contributed by atoms with Crippen LogP contribution in [0.3, 0.4) is 0 Å². The van der Waals surface area contributed by atoms with Gasteiger partial charge in [-0.15, -0.1) is 0 Å². The summed E-state index contributed by atoms with van der Waals surface area (Å²) in [5, 5.41) is 0. The standard InChI is InChI=1S/C17H16O5/c1-20-16-9-15(22-11-12-6-4-3-5-7-12)13(10-18)8-14(16)17(19)21-2/h3-10H,11H2,1-2H3. The van der Waals surface area contributed by atoms with Gasteiger partial charge in [-0.3, -0.25) is 4.79 Å². The summed E-state index contributed by atoms with van der Waals surface area (Å²) in [6.07, 6.45) is 0.631. The highest BCUT2D eigenvalue weighted by molar-refractivity contribution is 5.95. The van der Waals surface area contributed by atoms with E-state index in [1.165, 1.54) is 26.4 Å². The van der Waals surface area contributed by atoms with Crippen molar-refractivity contribution in [2.24, 2.45) is 0 Å². The second kappa shape index (κ2) is 7.26. The van der Waals surface area contributed by atoms with Crippen molar-refractivity contribution in [1.82, 2.24) is 0 Å². The van der Waals surface area contributed by atoms with Crippen LogP contribution in [0.15, 0.2) is 42.5 Å². The Morgan fingerprint density at radius 2 is 1.82 bits per heavy atom. The van der Waals surface area contributed by atoms with E-state index in [4.69, 9.17) is 9.47 Å². The van der Waals surface area contributed by atoms with Gasteiger partial charge in [0.2, 0.25) is 0 Å². The minimum absolute atomic E-state index is 0.180. The van der Waals surface area contributed by atoms with Crippen molar-refractivity contribution in [3.8, 4) is 11.5 Å². The molecule has 22 heavy (non-hydrogen) atoms. The lowest BCUT2D eigenvalue weighted by Crippen LogP contribution is -2.07. The second-order valence-electron chi connectivity index (χ2n) is 4.47. The Morgan fingerprint density at radius 1 is 1.09 bits per heavy atom. The first-order chi connectivity index (χ1) is 10.7. The fraction of sp³-hybridized carbons (Fsp3) is 0.176. The number of carbonyl (C=O) groups excluding carboxylic acids is 2. The average Bonchev–Trinajstić information content (AvgIpc) is 2.59. The van der Waals surface area contributed by atoms with Crippen LogP contribution in [0.1, 0.15) is 26.3 Å². The maximum Gasteiger partial charge on any atom is 0.341 e. The van der Waals surface area contributed by atoms with Crippen LogP contribution in [-0.2, 0) is 11.3 Å². The number of aldehydes is 1. The van der Waals surface area contributed by atoms with Crippen molar-refractivity contribution in [2.45, 2.75) is 6.61 Å². The number of benzene rings is 2. The number of ether oxygens (including phenoxy) is 3. The summed E-state index contributed by atoms with van der Waals surface area (Å²) in [6, 6.07) is 12.5. The molecule has 5 nitrogen and oxygen atoms in total. The zero-order chi connectivity index (χ0) is 15.9. The third-order valence-corrected chi connectivity index (χ3v) is 3.10. The Labute approximate surface area is 128 Å². The van der Waals surface area contributed by atoms with Crippen molar-refractivity contribution in [3.63, 3.8) is 0 Å². The molecule has 0 amide bonds. The molecule has 0 heterocycles. The second-order valence-corrected chi connectivity index (χ2v) is 4.47. The summed E-state index contributed by atoms with van der Waals surface area (Å²) >= 11 is 0. The van der Waals surface area contributed by atoms with Gasteiger partial charge in [-0.25, -0.2) is 4.79 Å². The average molecular weight is 300 g/mol. The van der Waals surface area contributed by atoms with Gasteiger partial charge in [0.05, 0.1) is 19.8 Å². The molecule has 0 saturated heterocycles. The molecule has 2 rings (SSSR count). The van der Waals surface area contributed by atoms with Gasteiger partial charge in [0, 0.05) is 6.07 Å². The van der Waals surface area contributed by atoms with Gasteiger partial charge in [-0.05, 0) is 11.6 Å². The summed E-state index contributed by atoms with van der Waals surface area (Å²) in [5.74, 6) is 0.0680. The monoisotopic (exact) mass is 300 g/mol. The summed E-state index contributed by atoms with van der Waals surface area (Å²) in [6.45, 7) is 0.308. The molecular weight excluding hydrogens is 284 g/mol. The number of hydrogen-bond acceptors (Lipinski definition) is 5.